The second-order valence-corrected chi connectivity index (χ2v) is 3.33. The van der Waals surface area contributed by atoms with Crippen LogP contribution >= 0.6 is 0 Å². The van der Waals surface area contributed by atoms with Crippen molar-refractivity contribution in [1.29, 1.82) is 0 Å². The summed E-state index contributed by atoms with van der Waals surface area (Å²) in [6.07, 6.45) is 3.99. The van der Waals surface area contributed by atoms with Crippen molar-refractivity contribution in [1.82, 2.24) is 4.90 Å². The Kier molecular flexibility index (Phi) is 6.24. The summed E-state index contributed by atoms with van der Waals surface area (Å²) in [6, 6.07) is 0.471. The molecule has 0 spiro atoms. The summed E-state index contributed by atoms with van der Waals surface area (Å²) in [6.45, 7) is 8.09. The normalized spacial score (nSPS) is 11.8. The first-order valence-corrected chi connectivity index (χ1v) is 4.71. The Hall–Kier alpha value is -0.830. The zero-order chi connectivity index (χ0) is 10.3. The summed E-state index contributed by atoms with van der Waals surface area (Å²) >= 11 is 0. The van der Waals surface area contributed by atoms with Crippen LogP contribution in [0.4, 0.5) is 0 Å². The first kappa shape index (κ1) is 12.2. The van der Waals surface area contributed by atoms with Crippen LogP contribution in [0.5, 0.6) is 0 Å². The Morgan fingerprint density at radius 1 is 1.54 bits per heavy atom. The molecule has 76 valence electrons. The number of hydrogen-bond donors (Lipinski definition) is 1. The number of hydrogen-bond acceptors (Lipinski definition) is 2. The third kappa shape index (κ3) is 6.34. The molecular formula is C10H19NO2. The zero-order valence-corrected chi connectivity index (χ0v) is 8.66. The van der Waals surface area contributed by atoms with Gasteiger partial charge in [0, 0.05) is 18.7 Å². The zero-order valence-electron chi connectivity index (χ0n) is 8.66. The highest BCUT2D eigenvalue weighted by Gasteiger charge is 2.05. The van der Waals surface area contributed by atoms with Crippen LogP contribution < -0.4 is 0 Å². The van der Waals surface area contributed by atoms with Gasteiger partial charge in [-0.2, -0.15) is 0 Å². The summed E-state index contributed by atoms with van der Waals surface area (Å²) in [5, 5.41) is 8.39. The Balaban J connectivity index is 3.88. The van der Waals surface area contributed by atoms with E-state index >= 15 is 0 Å². The largest absolute Gasteiger partial charge is 0.478 e. The van der Waals surface area contributed by atoms with Gasteiger partial charge >= 0.3 is 5.97 Å². The lowest BCUT2D eigenvalue weighted by molar-refractivity contribution is -0.131. The van der Waals surface area contributed by atoms with Gasteiger partial charge in [0.1, 0.15) is 0 Å². The van der Waals surface area contributed by atoms with Crippen LogP contribution in [0.15, 0.2) is 12.2 Å². The summed E-state index contributed by atoms with van der Waals surface area (Å²) in [5.41, 5.74) is 0. The van der Waals surface area contributed by atoms with Gasteiger partial charge in [-0.1, -0.05) is 13.0 Å². The minimum absolute atomic E-state index is 0.471. The molecule has 0 aliphatic heterocycles. The molecular weight excluding hydrogens is 166 g/mol. The molecule has 0 saturated carbocycles. The Labute approximate surface area is 80.0 Å². The molecule has 0 aromatic carbocycles. The third-order valence-corrected chi connectivity index (χ3v) is 1.84. The molecule has 0 aliphatic carbocycles. The van der Waals surface area contributed by atoms with Gasteiger partial charge in [0.05, 0.1) is 0 Å². The fraction of sp³-hybridized carbons (Fsp3) is 0.700. The van der Waals surface area contributed by atoms with Crippen LogP contribution in [0.1, 0.15) is 27.2 Å². The minimum atomic E-state index is -0.875. The van der Waals surface area contributed by atoms with Gasteiger partial charge in [-0.05, 0) is 26.8 Å². The topological polar surface area (TPSA) is 40.5 Å². The smallest absolute Gasteiger partial charge is 0.328 e. The number of carboxylic acid groups (broad SMARTS) is 1. The highest BCUT2D eigenvalue weighted by atomic mass is 16.4. The van der Waals surface area contributed by atoms with Crippen molar-refractivity contribution in [2.24, 2.45) is 0 Å². The molecule has 3 nitrogen and oxygen atoms in total. The SMILES string of the molecule is CCCN(C/C=C/C(=O)O)C(C)C. The van der Waals surface area contributed by atoms with E-state index in [4.69, 9.17) is 5.11 Å². The average molecular weight is 185 g/mol. The molecule has 0 heterocycles. The number of carboxylic acids is 1. The molecule has 0 bridgehead atoms. The Morgan fingerprint density at radius 3 is 2.54 bits per heavy atom. The summed E-state index contributed by atoms with van der Waals surface area (Å²) < 4.78 is 0. The molecule has 0 radical (unpaired) electrons. The van der Waals surface area contributed by atoms with E-state index in [2.05, 4.69) is 25.7 Å². The molecule has 0 atom stereocenters. The van der Waals surface area contributed by atoms with Gasteiger partial charge in [-0.3, -0.25) is 4.90 Å². The van der Waals surface area contributed by atoms with Crippen LogP contribution in [0.2, 0.25) is 0 Å². The second kappa shape index (κ2) is 6.66. The van der Waals surface area contributed by atoms with E-state index in [9.17, 15) is 4.79 Å². The van der Waals surface area contributed by atoms with Gasteiger partial charge < -0.3 is 5.11 Å². The fourth-order valence-corrected chi connectivity index (χ4v) is 1.14. The van der Waals surface area contributed by atoms with E-state index < -0.39 is 5.97 Å². The Bertz CT molecular complexity index is 176. The quantitative estimate of drug-likeness (QED) is 0.641. The van der Waals surface area contributed by atoms with Gasteiger partial charge in [0.2, 0.25) is 0 Å². The van der Waals surface area contributed by atoms with E-state index in [1.165, 1.54) is 6.08 Å². The number of nitrogens with zero attached hydrogens (tertiary/aromatic N) is 1. The van der Waals surface area contributed by atoms with Crippen LogP contribution in [-0.2, 0) is 4.79 Å². The van der Waals surface area contributed by atoms with E-state index in [0.717, 1.165) is 19.5 Å². The van der Waals surface area contributed by atoms with Gasteiger partial charge in [0.25, 0.3) is 0 Å². The minimum Gasteiger partial charge on any atom is -0.478 e. The average Bonchev–Trinajstić information content (AvgIpc) is 2.02. The molecule has 0 unspecified atom stereocenters. The van der Waals surface area contributed by atoms with E-state index in [1.807, 2.05) is 0 Å². The van der Waals surface area contributed by atoms with Gasteiger partial charge in [-0.25, -0.2) is 4.79 Å². The monoisotopic (exact) mass is 185 g/mol. The summed E-state index contributed by atoms with van der Waals surface area (Å²) in [5.74, 6) is -0.875. The standard InChI is InChI=1S/C10H19NO2/c1-4-7-11(9(2)3)8-5-6-10(12)13/h5-6,9H,4,7-8H2,1-3H3,(H,12,13)/b6-5+. The van der Waals surface area contributed by atoms with Crippen molar-refractivity contribution in [3.63, 3.8) is 0 Å². The highest BCUT2D eigenvalue weighted by molar-refractivity contribution is 5.79. The summed E-state index contributed by atoms with van der Waals surface area (Å²) in [4.78, 5) is 12.4. The highest BCUT2D eigenvalue weighted by Crippen LogP contribution is 1.99. The van der Waals surface area contributed by atoms with Crippen molar-refractivity contribution in [3.05, 3.63) is 12.2 Å². The molecule has 3 heteroatoms. The van der Waals surface area contributed by atoms with Crippen LogP contribution in [0.3, 0.4) is 0 Å². The van der Waals surface area contributed by atoms with Crippen molar-refractivity contribution in [2.75, 3.05) is 13.1 Å². The second-order valence-electron chi connectivity index (χ2n) is 3.33. The van der Waals surface area contributed by atoms with Crippen LogP contribution in [0.25, 0.3) is 0 Å². The fourth-order valence-electron chi connectivity index (χ4n) is 1.14. The molecule has 0 saturated heterocycles. The van der Waals surface area contributed by atoms with E-state index in [-0.39, 0.29) is 0 Å². The van der Waals surface area contributed by atoms with Gasteiger partial charge in [0.15, 0.2) is 0 Å². The molecule has 13 heavy (non-hydrogen) atoms. The number of carbonyl (C=O) groups is 1. The molecule has 0 amide bonds. The number of rotatable bonds is 6. The summed E-state index contributed by atoms with van der Waals surface area (Å²) in [7, 11) is 0. The molecule has 1 N–H and O–H groups in total. The lowest BCUT2D eigenvalue weighted by Gasteiger charge is -2.24. The molecule has 0 aliphatic rings. The first-order valence-electron chi connectivity index (χ1n) is 4.71. The maximum Gasteiger partial charge on any atom is 0.328 e. The lowest BCUT2D eigenvalue weighted by atomic mass is 10.3. The van der Waals surface area contributed by atoms with Crippen LogP contribution in [0, 0.1) is 0 Å². The first-order chi connectivity index (χ1) is 6.07. The molecule has 0 aromatic rings. The van der Waals surface area contributed by atoms with Crippen molar-refractivity contribution >= 4 is 5.97 Å². The van der Waals surface area contributed by atoms with Crippen molar-refractivity contribution in [3.8, 4) is 0 Å². The maximum absolute atomic E-state index is 10.2. The van der Waals surface area contributed by atoms with E-state index in [1.54, 1.807) is 6.08 Å². The molecule has 0 rings (SSSR count). The van der Waals surface area contributed by atoms with E-state index in [0.29, 0.717) is 6.04 Å². The van der Waals surface area contributed by atoms with Crippen molar-refractivity contribution in [2.45, 2.75) is 33.2 Å². The van der Waals surface area contributed by atoms with Gasteiger partial charge in [-0.15, -0.1) is 0 Å². The third-order valence-electron chi connectivity index (χ3n) is 1.84. The lowest BCUT2D eigenvalue weighted by Crippen LogP contribution is -2.31. The van der Waals surface area contributed by atoms with Crippen molar-refractivity contribution < 1.29 is 9.90 Å². The maximum atomic E-state index is 10.2. The number of aliphatic carboxylic acids is 1. The Morgan fingerprint density at radius 2 is 2.15 bits per heavy atom. The van der Waals surface area contributed by atoms with Crippen LogP contribution in [-0.4, -0.2) is 35.1 Å². The predicted molar refractivity (Wildman–Crippen MR) is 53.8 cm³/mol. The predicted octanol–water partition coefficient (Wildman–Crippen LogP) is 1.75. The molecule has 0 fully saturated rings. The molecule has 0 aromatic heterocycles.